The van der Waals surface area contributed by atoms with Gasteiger partial charge in [0.2, 0.25) is 0 Å². The molecule has 3 atom stereocenters. The Bertz CT molecular complexity index is 524. The first-order valence-corrected chi connectivity index (χ1v) is 9.04. The molecule has 2 nitrogen and oxygen atoms in total. The van der Waals surface area contributed by atoms with Crippen LogP contribution in [0.5, 0.6) is 0 Å². The van der Waals surface area contributed by atoms with Gasteiger partial charge in [-0.1, -0.05) is 48.5 Å². The van der Waals surface area contributed by atoms with Crippen molar-refractivity contribution in [3.8, 4) is 0 Å². The number of rotatable bonds is 3. The fourth-order valence-corrected chi connectivity index (χ4v) is 5.30. The van der Waals surface area contributed by atoms with E-state index in [0.29, 0.717) is 0 Å². The molecule has 1 saturated carbocycles. The lowest BCUT2D eigenvalue weighted by Gasteiger charge is -2.49. The Morgan fingerprint density at radius 1 is 1.00 bits per heavy atom. The number of carbonyl (C=O) groups is 1. The number of hydrogen-bond donors (Lipinski definition) is 0. The van der Waals surface area contributed by atoms with Crippen LogP contribution in [0.15, 0.2) is 0 Å². The van der Waals surface area contributed by atoms with E-state index in [9.17, 15) is 31.1 Å². The normalized spacial score (nSPS) is 27.9. The Morgan fingerprint density at radius 3 is 1.78 bits per heavy atom. The van der Waals surface area contributed by atoms with E-state index in [2.05, 4.69) is 4.74 Å². The van der Waals surface area contributed by atoms with Crippen LogP contribution in [-0.4, -0.2) is 24.9 Å². The Morgan fingerprint density at radius 2 is 1.44 bits per heavy atom. The second kappa shape index (κ2) is 7.14. The van der Waals surface area contributed by atoms with Crippen molar-refractivity contribution in [2.75, 3.05) is 6.61 Å². The summed E-state index contributed by atoms with van der Waals surface area (Å²) in [5, 5.41) is 0. The van der Waals surface area contributed by atoms with Crippen molar-refractivity contribution in [1.82, 2.24) is 0 Å². The lowest BCUT2D eigenvalue weighted by Crippen LogP contribution is -2.55. The molecule has 0 N–H and O–H groups in total. The lowest BCUT2D eigenvalue weighted by atomic mass is 9.55. The molecule has 1 fully saturated rings. The van der Waals surface area contributed by atoms with E-state index in [1.807, 2.05) is 0 Å². The quantitative estimate of drug-likeness (QED) is 0.402. The maximum absolute atomic E-state index is 14.3. The summed E-state index contributed by atoms with van der Waals surface area (Å²) in [6.07, 6.45) is -10.3. The van der Waals surface area contributed by atoms with Gasteiger partial charge in [-0.15, -0.1) is 0 Å². The summed E-state index contributed by atoms with van der Waals surface area (Å²) in [5.41, 5.74) is -4.11. The molecule has 0 bridgehead atoms. The van der Waals surface area contributed by atoms with E-state index in [0.717, 1.165) is 0 Å². The summed E-state index contributed by atoms with van der Waals surface area (Å²) in [4.78, 5) is 12.5. The largest absolute Gasteiger partial charge is 0.455 e. The van der Waals surface area contributed by atoms with Crippen LogP contribution in [0.25, 0.3) is 0 Å². The molecule has 0 radical (unpaired) electrons. The van der Waals surface area contributed by atoms with Gasteiger partial charge in [0.1, 0.15) is 0 Å². The molecule has 27 heavy (non-hydrogen) atoms. The smallest absolute Gasteiger partial charge is 0.422 e. The minimum atomic E-state index is -5.00. The molecule has 0 spiro atoms. The molecule has 160 valence electrons. The molecule has 1 rings (SSSR count). The van der Waals surface area contributed by atoms with Gasteiger partial charge in [0.15, 0.2) is 12.0 Å². The lowest BCUT2D eigenvalue weighted by molar-refractivity contribution is -0.262. The summed E-state index contributed by atoms with van der Waals surface area (Å²) in [6, 6.07) is 0. The fourth-order valence-electron chi connectivity index (χ4n) is 5.30. The summed E-state index contributed by atoms with van der Waals surface area (Å²) >= 11 is 0. The van der Waals surface area contributed by atoms with Crippen molar-refractivity contribution >= 4 is 5.97 Å². The highest BCUT2D eigenvalue weighted by Gasteiger charge is 2.71. The predicted molar refractivity (Wildman–Crippen MR) is 89.8 cm³/mol. The summed E-state index contributed by atoms with van der Waals surface area (Å²) in [7, 11) is 0. The Balaban J connectivity index is 3.53. The number of halogens is 6. The first-order valence-electron chi connectivity index (χ1n) is 9.04. The highest BCUT2D eigenvalue weighted by Crippen LogP contribution is 2.64. The molecular weight excluding hydrogens is 374 g/mol. The topological polar surface area (TPSA) is 26.3 Å². The van der Waals surface area contributed by atoms with Crippen LogP contribution in [0.1, 0.15) is 61.3 Å². The van der Waals surface area contributed by atoms with Crippen molar-refractivity contribution in [3.63, 3.8) is 0 Å². The van der Waals surface area contributed by atoms with Crippen molar-refractivity contribution in [3.05, 3.63) is 0 Å². The van der Waals surface area contributed by atoms with Crippen LogP contribution in [-0.2, 0) is 9.53 Å². The molecule has 0 aromatic rings. The highest BCUT2D eigenvalue weighted by molar-refractivity contribution is 5.79. The number of ether oxygens (including phenoxy) is 1. The molecule has 1 aliphatic carbocycles. The third-order valence-corrected chi connectivity index (χ3v) is 5.47. The second-order valence-corrected chi connectivity index (χ2v) is 10.0. The zero-order valence-electron chi connectivity index (χ0n) is 16.9. The molecule has 1 aliphatic rings. The summed E-state index contributed by atoms with van der Waals surface area (Å²) in [5.74, 6) is -3.98. The number of alkyl halides is 6. The first-order chi connectivity index (χ1) is 11.7. The van der Waals surface area contributed by atoms with E-state index in [-0.39, 0.29) is 6.42 Å². The number of esters is 1. The zero-order chi connectivity index (χ0) is 21.6. The first kappa shape index (κ1) is 24.1. The van der Waals surface area contributed by atoms with Crippen LogP contribution in [0.2, 0.25) is 0 Å². The van der Waals surface area contributed by atoms with E-state index >= 15 is 0 Å². The third kappa shape index (κ3) is 5.11. The Kier molecular flexibility index (Phi) is 6.37. The van der Waals surface area contributed by atoms with Crippen molar-refractivity contribution in [2.45, 2.75) is 73.7 Å². The van der Waals surface area contributed by atoms with Gasteiger partial charge >= 0.3 is 18.3 Å². The fraction of sp³-hybridized carbons (Fsp3) is 0.947. The second-order valence-electron chi connectivity index (χ2n) is 10.0. The summed E-state index contributed by atoms with van der Waals surface area (Å²) in [6.45, 7) is 10.4. The molecule has 0 heterocycles. The molecule has 3 unspecified atom stereocenters. The molecule has 0 aliphatic heterocycles. The van der Waals surface area contributed by atoms with E-state index in [1.165, 1.54) is 0 Å². The van der Waals surface area contributed by atoms with Gasteiger partial charge in [0.25, 0.3) is 0 Å². The van der Waals surface area contributed by atoms with Gasteiger partial charge in [-0.05, 0) is 41.4 Å². The average Bonchev–Trinajstić information content (AvgIpc) is 2.69. The summed E-state index contributed by atoms with van der Waals surface area (Å²) < 4.78 is 84.4. The van der Waals surface area contributed by atoms with Gasteiger partial charge in [0.05, 0.1) is 0 Å². The average molecular weight is 404 g/mol. The monoisotopic (exact) mass is 404 g/mol. The molecular formula is C19H30F6O2. The standard InChI is InChI=1S/C19H30F6O2/c1-11-8-12(13(15(2,3)4)16(5,6)7)17(9-11,19(23,24)25)14(26)27-10-18(20,21)22/h11-13H,8-10H2,1-7H3. The van der Waals surface area contributed by atoms with Crippen LogP contribution >= 0.6 is 0 Å². The van der Waals surface area contributed by atoms with E-state index in [4.69, 9.17) is 0 Å². The minimum absolute atomic E-state index is 0.111. The van der Waals surface area contributed by atoms with Gasteiger partial charge in [-0.3, -0.25) is 4.79 Å². The van der Waals surface area contributed by atoms with Crippen molar-refractivity contribution in [1.29, 1.82) is 0 Å². The van der Waals surface area contributed by atoms with E-state index < -0.39 is 65.3 Å². The SMILES string of the molecule is CC1CC(C(C(C)(C)C)C(C)(C)C)C(C(=O)OCC(F)(F)F)(C(F)(F)F)C1. The van der Waals surface area contributed by atoms with Crippen LogP contribution < -0.4 is 0 Å². The van der Waals surface area contributed by atoms with Crippen LogP contribution in [0.4, 0.5) is 26.3 Å². The minimum Gasteiger partial charge on any atom is -0.455 e. The van der Waals surface area contributed by atoms with Gasteiger partial charge in [-0.2, -0.15) is 26.3 Å². The van der Waals surface area contributed by atoms with Gasteiger partial charge in [0, 0.05) is 0 Å². The molecule has 0 aromatic heterocycles. The van der Waals surface area contributed by atoms with Crippen LogP contribution in [0.3, 0.4) is 0 Å². The highest BCUT2D eigenvalue weighted by atomic mass is 19.4. The third-order valence-electron chi connectivity index (χ3n) is 5.47. The number of hydrogen-bond acceptors (Lipinski definition) is 2. The maximum Gasteiger partial charge on any atom is 0.422 e. The Labute approximate surface area is 157 Å². The van der Waals surface area contributed by atoms with Gasteiger partial charge < -0.3 is 4.74 Å². The molecule has 0 saturated heterocycles. The maximum atomic E-state index is 14.3. The number of carbonyl (C=O) groups excluding carboxylic acids is 1. The van der Waals surface area contributed by atoms with Crippen molar-refractivity contribution < 1.29 is 35.9 Å². The molecule has 0 aromatic carbocycles. The molecule has 8 heteroatoms. The Hall–Kier alpha value is -0.950. The van der Waals surface area contributed by atoms with Gasteiger partial charge in [-0.25, -0.2) is 0 Å². The zero-order valence-corrected chi connectivity index (χ0v) is 16.9. The van der Waals surface area contributed by atoms with Crippen molar-refractivity contribution in [2.24, 2.45) is 34.0 Å². The van der Waals surface area contributed by atoms with E-state index in [1.54, 1.807) is 48.5 Å². The predicted octanol–water partition coefficient (Wildman–Crippen LogP) is 6.40. The van der Waals surface area contributed by atoms with Crippen LogP contribution in [0, 0.1) is 34.0 Å². The molecule has 0 amide bonds.